The topological polar surface area (TPSA) is 114 Å². The van der Waals surface area contributed by atoms with Gasteiger partial charge in [-0.15, -0.1) is 0 Å². The van der Waals surface area contributed by atoms with Gasteiger partial charge in [-0.3, -0.25) is 9.59 Å². The van der Waals surface area contributed by atoms with Gasteiger partial charge in [-0.05, 0) is 49.9 Å². The van der Waals surface area contributed by atoms with Crippen LogP contribution in [0.2, 0.25) is 0 Å². The molecule has 2 amide bonds. The van der Waals surface area contributed by atoms with Gasteiger partial charge in [0, 0.05) is 19.1 Å². The van der Waals surface area contributed by atoms with Crippen LogP contribution in [0.3, 0.4) is 0 Å². The summed E-state index contributed by atoms with van der Waals surface area (Å²) in [5, 5.41) is 0. The van der Waals surface area contributed by atoms with Crippen molar-refractivity contribution in [3.63, 3.8) is 0 Å². The van der Waals surface area contributed by atoms with Gasteiger partial charge in [0.05, 0.1) is 17.8 Å². The van der Waals surface area contributed by atoms with Gasteiger partial charge in [0.2, 0.25) is 5.91 Å². The van der Waals surface area contributed by atoms with E-state index >= 15 is 0 Å². The first kappa shape index (κ1) is 21.8. The van der Waals surface area contributed by atoms with Crippen molar-refractivity contribution < 1.29 is 23.8 Å². The Morgan fingerprint density at radius 2 is 1.37 bits per heavy atom. The van der Waals surface area contributed by atoms with Crippen LogP contribution in [0.25, 0.3) is 0 Å². The predicted octanol–water partition coefficient (Wildman–Crippen LogP) is 3.02. The van der Waals surface area contributed by atoms with Crippen molar-refractivity contribution in [2.45, 2.75) is 37.9 Å². The van der Waals surface area contributed by atoms with E-state index in [9.17, 15) is 9.59 Å². The van der Waals surface area contributed by atoms with E-state index in [1.807, 2.05) is 30.3 Å². The minimum absolute atomic E-state index is 0.130. The lowest BCUT2D eigenvalue weighted by molar-refractivity contribution is -0.119. The lowest BCUT2D eigenvalue weighted by atomic mass is 10.2. The molecule has 0 radical (unpaired) electrons. The zero-order valence-electron chi connectivity index (χ0n) is 16.9. The second-order valence-electron chi connectivity index (χ2n) is 7.35. The highest BCUT2D eigenvalue weighted by atomic mass is 16.6. The summed E-state index contributed by atoms with van der Waals surface area (Å²) in [4.78, 5) is 21.1. The molecule has 2 heterocycles. The molecule has 1 saturated carbocycles. The molecule has 3 aliphatic rings. The van der Waals surface area contributed by atoms with E-state index < -0.39 is 5.91 Å². The van der Waals surface area contributed by atoms with E-state index in [1.54, 1.807) is 24.3 Å². The van der Waals surface area contributed by atoms with E-state index in [2.05, 4.69) is 0 Å². The molecular weight excluding hydrogens is 384 g/mol. The SMILES string of the molecule is C1CC2OCCC2O1.NC(=O)C1CC1.NC(=O)c1ccccc1Oc1ccccc1. The minimum atomic E-state index is -0.494. The molecule has 5 rings (SSSR count). The van der Waals surface area contributed by atoms with Crippen molar-refractivity contribution in [3.8, 4) is 11.5 Å². The van der Waals surface area contributed by atoms with Gasteiger partial charge in [0.25, 0.3) is 5.91 Å². The van der Waals surface area contributed by atoms with Crippen LogP contribution in [0, 0.1) is 5.92 Å². The normalized spacial score (nSPS) is 21.3. The Labute approximate surface area is 176 Å². The second kappa shape index (κ2) is 10.8. The standard InChI is InChI=1S/C13H11NO2.C6H10O2.C4H7NO/c14-13(15)11-8-4-5-9-12(11)16-10-6-2-1-3-7-10;1-3-7-6-2-4-8-5(1)6;5-4(6)3-1-2-3/h1-9H,(H2,14,15);5-6H,1-4H2;3H,1-2H2,(H2,5,6). The number of ether oxygens (including phenoxy) is 3. The highest BCUT2D eigenvalue weighted by Gasteiger charge is 2.33. The molecule has 7 heteroatoms. The Kier molecular flexibility index (Phi) is 7.82. The van der Waals surface area contributed by atoms with Crippen molar-refractivity contribution in [1.29, 1.82) is 0 Å². The van der Waals surface area contributed by atoms with E-state index in [1.165, 1.54) is 0 Å². The van der Waals surface area contributed by atoms with Gasteiger partial charge in [-0.1, -0.05) is 30.3 Å². The number of nitrogens with two attached hydrogens (primary N) is 2. The van der Waals surface area contributed by atoms with Crippen molar-refractivity contribution in [2.75, 3.05) is 13.2 Å². The molecule has 2 unspecified atom stereocenters. The molecule has 7 nitrogen and oxygen atoms in total. The van der Waals surface area contributed by atoms with Gasteiger partial charge in [-0.25, -0.2) is 0 Å². The van der Waals surface area contributed by atoms with E-state index in [-0.39, 0.29) is 11.8 Å². The summed E-state index contributed by atoms with van der Waals surface area (Å²) in [6.45, 7) is 1.82. The number of primary amides is 2. The molecule has 0 spiro atoms. The molecule has 0 aromatic heterocycles. The molecule has 2 aromatic rings. The molecule has 1 aliphatic carbocycles. The van der Waals surface area contributed by atoms with Gasteiger partial charge in [0.15, 0.2) is 0 Å². The fourth-order valence-electron chi connectivity index (χ4n) is 3.17. The summed E-state index contributed by atoms with van der Waals surface area (Å²) >= 11 is 0. The molecule has 2 aliphatic heterocycles. The minimum Gasteiger partial charge on any atom is -0.457 e. The summed E-state index contributed by atoms with van der Waals surface area (Å²) in [5.74, 6) is 0.768. The van der Waals surface area contributed by atoms with Crippen molar-refractivity contribution >= 4 is 11.8 Å². The number of fused-ring (bicyclic) bond motifs is 1. The molecule has 2 saturated heterocycles. The smallest absolute Gasteiger partial charge is 0.252 e. The average Bonchev–Trinajstić information content (AvgIpc) is 3.35. The van der Waals surface area contributed by atoms with Crippen LogP contribution in [-0.4, -0.2) is 37.2 Å². The summed E-state index contributed by atoms with van der Waals surface area (Å²) in [6, 6.07) is 16.2. The van der Waals surface area contributed by atoms with Gasteiger partial charge < -0.3 is 25.7 Å². The maximum atomic E-state index is 11.2. The third kappa shape index (κ3) is 6.57. The van der Waals surface area contributed by atoms with E-state index in [4.69, 9.17) is 25.7 Å². The molecule has 0 bridgehead atoms. The largest absolute Gasteiger partial charge is 0.457 e. The zero-order chi connectivity index (χ0) is 21.3. The monoisotopic (exact) mass is 412 g/mol. The Morgan fingerprint density at radius 3 is 1.87 bits per heavy atom. The number of para-hydroxylation sites is 2. The Morgan fingerprint density at radius 1 is 0.800 bits per heavy atom. The third-order valence-corrected chi connectivity index (χ3v) is 4.99. The molecular formula is C23H28N2O5. The Balaban J connectivity index is 0.000000150. The first-order chi connectivity index (χ1) is 14.5. The summed E-state index contributed by atoms with van der Waals surface area (Å²) in [6.07, 6.45) is 5.19. The Bertz CT molecular complexity index is 818. The number of carbonyl (C=O) groups excluding carboxylic acids is 2. The highest BCUT2D eigenvalue weighted by Crippen LogP contribution is 2.27. The molecule has 2 atom stereocenters. The molecule has 160 valence electrons. The van der Waals surface area contributed by atoms with Gasteiger partial charge in [0.1, 0.15) is 11.5 Å². The van der Waals surface area contributed by atoms with Crippen LogP contribution in [0.4, 0.5) is 0 Å². The summed E-state index contributed by atoms with van der Waals surface area (Å²) in [7, 11) is 0. The molecule has 30 heavy (non-hydrogen) atoms. The quantitative estimate of drug-likeness (QED) is 0.801. The lowest BCUT2D eigenvalue weighted by Gasteiger charge is -2.08. The lowest BCUT2D eigenvalue weighted by Crippen LogP contribution is -2.13. The summed E-state index contributed by atoms with van der Waals surface area (Å²) in [5.41, 5.74) is 10.5. The zero-order valence-corrected chi connectivity index (χ0v) is 16.9. The van der Waals surface area contributed by atoms with Crippen LogP contribution >= 0.6 is 0 Å². The maximum absolute atomic E-state index is 11.2. The molecule has 4 N–H and O–H groups in total. The van der Waals surface area contributed by atoms with Crippen LogP contribution < -0.4 is 16.2 Å². The number of hydrogen-bond donors (Lipinski definition) is 2. The first-order valence-corrected chi connectivity index (χ1v) is 10.2. The van der Waals surface area contributed by atoms with Crippen molar-refractivity contribution in [1.82, 2.24) is 0 Å². The van der Waals surface area contributed by atoms with Crippen LogP contribution in [-0.2, 0) is 14.3 Å². The fraction of sp³-hybridized carbons (Fsp3) is 0.391. The highest BCUT2D eigenvalue weighted by molar-refractivity contribution is 5.95. The number of hydrogen-bond acceptors (Lipinski definition) is 5. The Hall–Kier alpha value is -2.90. The van der Waals surface area contributed by atoms with Crippen molar-refractivity contribution in [2.24, 2.45) is 17.4 Å². The average molecular weight is 412 g/mol. The predicted molar refractivity (Wildman–Crippen MR) is 112 cm³/mol. The number of amides is 2. The first-order valence-electron chi connectivity index (χ1n) is 10.2. The van der Waals surface area contributed by atoms with Gasteiger partial charge in [-0.2, -0.15) is 0 Å². The van der Waals surface area contributed by atoms with Crippen LogP contribution in [0.1, 0.15) is 36.0 Å². The summed E-state index contributed by atoms with van der Waals surface area (Å²) < 4.78 is 16.3. The number of carbonyl (C=O) groups is 2. The van der Waals surface area contributed by atoms with E-state index in [0.717, 1.165) is 38.9 Å². The number of rotatable bonds is 4. The fourth-order valence-corrected chi connectivity index (χ4v) is 3.17. The van der Waals surface area contributed by atoms with Crippen molar-refractivity contribution in [3.05, 3.63) is 60.2 Å². The van der Waals surface area contributed by atoms with Crippen LogP contribution in [0.15, 0.2) is 54.6 Å². The molecule has 2 aromatic carbocycles. The maximum Gasteiger partial charge on any atom is 0.252 e. The van der Waals surface area contributed by atoms with E-state index in [0.29, 0.717) is 29.3 Å². The van der Waals surface area contributed by atoms with Crippen LogP contribution in [0.5, 0.6) is 11.5 Å². The second-order valence-corrected chi connectivity index (χ2v) is 7.35. The number of benzene rings is 2. The third-order valence-electron chi connectivity index (χ3n) is 4.99. The molecule has 3 fully saturated rings. The van der Waals surface area contributed by atoms with Gasteiger partial charge >= 0.3 is 0 Å².